The highest BCUT2D eigenvalue weighted by Crippen LogP contribution is 2.15. The van der Waals surface area contributed by atoms with E-state index < -0.39 is 0 Å². The molecule has 5 heteroatoms. The predicted molar refractivity (Wildman–Crippen MR) is 83.0 cm³/mol. The predicted octanol–water partition coefficient (Wildman–Crippen LogP) is 1.84. The quantitative estimate of drug-likeness (QED) is 0.846. The smallest absolute Gasteiger partial charge is 0.250 e. The van der Waals surface area contributed by atoms with Crippen LogP contribution in [0, 0.1) is 5.82 Å². The highest BCUT2D eigenvalue weighted by Gasteiger charge is 2.07. The van der Waals surface area contributed by atoms with Gasteiger partial charge in [-0.05, 0) is 43.3 Å². The second kappa shape index (κ2) is 7.59. The van der Waals surface area contributed by atoms with Gasteiger partial charge in [0, 0.05) is 37.6 Å². The fourth-order valence-electron chi connectivity index (χ4n) is 2.18. The van der Waals surface area contributed by atoms with Crippen LogP contribution in [0.15, 0.2) is 53.5 Å². The molecule has 1 heterocycles. The molecule has 21 heavy (non-hydrogen) atoms. The summed E-state index contributed by atoms with van der Waals surface area (Å²) in [6.07, 6.45) is 2.62. The maximum atomic E-state index is 13.0. The molecular weight excluding hydrogens is 269 g/mol. The second-order valence-electron chi connectivity index (χ2n) is 4.84. The van der Waals surface area contributed by atoms with E-state index in [9.17, 15) is 9.18 Å². The van der Waals surface area contributed by atoms with Gasteiger partial charge in [-0.1, -0.05) is 6.07 Å². The number of pyridine rings is 1. The highest BCUT2D eigenvalue weighted by atomic mass is 19.1. The number of hydrogen-bond donors (Lipinski definition) is 1. The largest absolute Gasteiger partial charge is 0.370 e. The minimum Gasteiger partial charge on any atom is -0.370 e. The molecule has 0 amide bonds. The molecule has 1 aromatic carbocycles. The summed E-state index contributed by atoms with van der Waals surface area (Å²) in [5, 5.41) is 0. The van der Waals surface area contributed by atoms with Crippen LogP contribution in [0.2, 0.25) is 0 Å². The summed E-state index contributed by atoms with van der Waals surface area (Å²) in [6.45, 7) is 2.64. The van der Waals surface area contributed by atoms with E-state index in [1.165, 1.54) is 12.1 Å². The van der Waals surface area contributed by atoms with Gasteiger partial charge >= 0.3 is 0 Å². The Kier molecular flexibility index (Phi) is 5.51. The Morgan fingerprint density at radius 3 is 2.52 bits per heavy atom. The van der Waals surface area contributed by atoms with Crippen molar-refractivity contribution in [2.75, 3.05) is 24.5 Å². The zero-order valence-electron chi connectivity index (χ0n) is 11.9. The van der Waals surface area contributed by atoms with Crippen LogP contribution >= 0.6 is 0 Å². The summed E-state index contributed by atoms with van der Waals surface area (Å²) in [5.74, 6) is -0.253. The molecule has 0 aliphatic heterocycles. The van der Waals surface area contributed by atoms with Crippen molar-refractivity contribution in [3.8, 4) is 0 Å². The number of nitrogens with zero attached hydrogens (tertiary/aromatic N) is 2. The molecule has 0 unspecified atom stereocenters. The maximum absolute atomic E-state index is 13.0. The molecule has 0 saturated carbocycles. The van der Waals surface area contributed by atoms with Gasteiger partial charge in [-0.25, -0.2) is 4.39 Å². The Morgan fingerprint density at radius 1 is 1.10 bits per heavy atom. The van der Waals surface area contributed by atoms with Gasteiger partial charge in [0.1, 0.15) is 5.82 Å². The third kappa shape index (κ3) is 4.43. The van der Waals surface area contributed by atoms with Crippen LogP contribution in [0.3, 0.4) is 0 Å². The minimum absolute atomic E-state index is 0.0182. The summed E-state index contributed by atoms with van der Waals surface area (Å²) >= 11 is 0. The Balaban J connectivity index is 2.07. The average molecular weight is 289 g/mol. The van der Waals surface area contributed by atoms with Gasteiger partial charge in [-0.3, -0.25) is 4.79 Å². The van der Waals surface area contributed by atoms with Gasteiger partial charge in [0.15, 0.2) is 0 Å². The van der Waals surface area contributed by atoms with Gasteiger partial charge in [0.25, 0.3) is 5.56 Å². The van der Waals surface area contributed by atoms with Crippen LogP contribution < -0.4 is 16.2 Å². The standard InChI is InChI=1S/C16H20FN3O/c17-14-5-7-15(8-6-14)19(11-3-9-18)12-13-20-10-2-1-4-16(20)21/h1-2,4-8,10H,3,9,11-13,18H2. The molecule has 0 aliphatic rings. The van der Waals surface area contributed by atoms with Crippen molar-refractivity contribution in [1.29, 1.82) is 0 Å². The molecule has 1 aromatic heterocycles. The molecule has 0 radical (unpaired) electrons. The normalized spacial score (nSPS) is 10.6. The molecule has 0 fully saturated rings. The number of benzene rings is 1. The van der Waals surface area contributed by atoms with Crippen molar-refractivity contribution < 1.29 is 4.39 Å². The van der Waals surface area contributed by atoms with Crippen molar-refractivity contribution in [3.63, 3.8) is 0 Å². The van der Waals surface area contributed by atoms with Crippen molar-refractivity contribution >= 4 is 5.69 Å². The average Bonchev–Trinajstić information content (AvgIpc) is 2.50. The first-order valence-electron chi connectivity index (χ1n) is 7.07. The Morgan fingerprint density at radius 2 is 1.86 bits per heavy atom. The Hall–Kier alpha value is -2.14. The fourth-order valence-corrected chi connectivity index (χ4v) is 2.18. The van der Waals surface area contributed by atoms with E-state index in [0.717, 1.165) is 18.7 Å². The van der Waals surface area contributed by atoms with Crippen molar-refractivity contribution in [2.24, 2.45) is 5.73 Å². The second-order valence-corrected chi connectivity index (χ2v) is 4.84. The minimum atomic E-state index is -0.253. The van der Waals surface area contributed by atoms with Gasteiger partial charge in [-0.15, -0.1) is 0 Å². The topological polar surface area (TPSA) is 51.3 Å². The van der Waals surface area contributed by atoms with E-state index in [0.29, 0.717) is 19.6 Å². The molecule has 2 N–H and O–H groups in total. The summed E-state index contributed by atoms with van der Waals surface area (Å²) in [4.78, 5) is 13.8. The van der Waals surface area contributed by atoms with Crippen molar-refractivity contribution in [1.82, 2.24) is 4.57 Å². The highest BCUT2D eigenvalue weighted by molar-refractivity contribution is 5.46. The number of rotatable bonds is 7. The van der Waals surface area contributed by atoms with Crippen molar-refractivity contribution in [2.45, 2.75) is 13.0 Å². The molecular formula is C16H20FN3O. The SMILES string of the molecule is NCCCN(CCn1ccccc1=O)c1ccc(F)cc1. The van der Waals surface area contributed by atoms with Gasteiger partial charge in [0.2, 0.25) is 0 Å². The number of hydrogen-bond acceptors (Lipinski definition) is 3. The van der Waals surface area contributed by atoms with Gasteiger partial charge < -0.3 is 15.2 Å². The third-order valence-electron chi connectivity index (χ3n) is 3.33. The monoisotopic (exact) mass is 289 g/mol. The lowest BCUT2D eigenvalue weighted by Gasteiger charge is -2.25. The summed E-state index contributed by atoms with van der Waals surface area (Å²) in [6, 6.07) is 11.5. The molecule has 0 saturated heterocycles. The molecule has 0 aliphatic carbocycles. The van der Waals surface area contributed by atoms with Crippen LogP contribution in [0.4, 0.5) is 10.1 Å². The summed E-state index contributed by atoms with van der Waals surface area (Å²) in [5.41, 5.74) is 6.49. The molecule has 4 nitrogen and oxygen atoms in total. The van der Waals surface area contributed by atoms with Crippen LogP contribution in [0.1, 0.15) is 6.42 Å². The molecule has 0 atom stereocenters. The third-order valence-corrected chi connectivity index (χ3v) is 3.33. The van der Waals surface area contributed by atoms with E-state index >= 15 is 0 Å². The van der Waals surface area contributed by atoms with E-state index in [-0.39, 0.29) is 11.4 Å². The number of halogens is 1. The van der Waals surface area contributed by atoms with Crippen molar-refractivity contribution in [3.05, 3.63) is 64.8 Å². The van der Waals surface area contributed by atoms with Gasteiger partial charge in [-0.2, -0.15) is 0 Å². The van der Waals surface area contributed by atoms with E-state index in [2.05, 4.69) is 4.90 Å². The number of aromatic nitrogens is 1. The number of nitrogens with two attached hydrogens (primary N) is 1. The molecule has 0 bridgehead atoms. The van der Waals surface area contributed by atoms with Gasteiger partial charge in [0.05, 0.1) is 0 Å². The molecule has 112 valence electrons. The molecule has 2 aromatic rings. The van der Waals surface area contributed by atoms with E-state index in [1.807, 2.05) is 6.07 Å². The van der Waals surface area contributed by atoms with Crippen LogP contribution in [0.25, 0.3) is 0 Å². The van der Waals surface area contributed by atoms with Crippen LogP contribution in [-0.4, -0.2) is 24.2 Å². The first-order chi connectivity index (χ1) is 10.2. The Bertz CT molecular complexity index is 609. The zero-order valence-corrected chi connectivity index (χ0v) is 11.9. The fraction of sp³-hybridized carbons (Fsp3) is 0.312. The summed E-state index contributed by atoms with van der Waals surface area (Å²) in [7, 11) is 0. The zero-order chi connectivity index (χ0) is 15.1. The van der Waals surface area contributed by atoms with E-state index in [1.54, 1.807) is 35.0 Å². The number of anilines is 1. The van der Waals surface area contributed by atoms with E-state index in [4.69, 9.17) is 5.73 Å². The first kappa shape index (κ1) is 15.3. The first-order valence-corrected chi connectivity index (χ1v) is 7.07. The lowest BCUT2D eigenvalue weighted by atomic mass is 10.2. The lowest BCUT2D eigenvalue weighted by Crippen LogP contribution is -2.32. The lowest BCUT2D eigenvalue weighted by molar-refractivity contribution is 0.619. The Labute approximate surface area is 123 Å². The molecule has 0 spiro atoms. The van der Waals surface area contributed by atoms with Crippen LogP contribution in [0.5, 0.6) is 0 Å². The maximum Gasteiger partial charge on any atom is 0.250 e. The molecule has 2 rings (SSSR count). The van der Waals surface area contributed by atoms with Crippen LogP contribution in [-0.2, 0) is 6.54 Å². The summed E-state index contributed by atoms with van der Waals surface area (Å²) < 4.78 is 14.7.